The molecule has 11 nitrogen and oxygen atoms in total. The molecule has 2 saturated heterocycles. The number of nitrogens with zero attached hydrogens (tertiary/aromatic N) is 1. The minimum atomic E-state index is -1.40. The molecule has 0 radical (unpaired) electrons. The molecular weight excluding hydrogens is 562 g/mol. The number of aliphatic hydroxyl groups excluding tert-OH is 1. The summed E-state index contributed by atoms with van der Waals surface area (Å²) in [7, 11) is 0. The Bertz CT molecular complexity index is 1390. The number of carbonyl (C=O) groups is 4. The van der Waals surface area contributed by atoms with Gasteiger partial charge in [-0.05, 0) is 56.6 Å². The number of hydrogen-bond acceptors (Lipinski definition) is 6. The van der Waals surface area contributed by atoms with Gasteiger partial charge in [-0.1, -0.05) is 58.6 Å². The van der Waals surface area contributed by atoms with E-state index in [0.717, 1.165) is 25.7 Å². The zero-order valence-electron chi connectivity index (χ0n) is 26.1. The van der Waals surface area contributed by atoms with Crippen molar-refractivity contribution in [1.82, 2.24) is 25.8 Å². The van der Waals surface area contributed by atoms with Crippen LogP contribution in [0.25, 0.3) is 10.9 Å². The second kappa shape index (κ2) is 15.3. The summed E-state index contributed by atoms with van der Waals surface area (Å²) < 4.78 is 0. The summed E-state index contributed by atoms with van der Waals surface area (Å²) in [5, 5.41) is 18.8. The number of aliphatic hydroxyl groups is 1. The van der Waals surface area contributed by atoms with Gasteiger partial charge in [-0.2, -0.15) is 0 Å². The molecule has 11 heteroatoms. The molecule has 2 aromatic rings. The van der Waals surface area contributed by atoms with Crippen molar-refractivity contribution in [2.45, 2.75) is 115 Å². The number of para-hydroxylation sites is 1. The van der Waals surface area contributed by atoms with E-state index < -0.39 is 47.3 Å². The Hall–Kier alpha value is -3.73. The summed E-state index contributed by atoms with van der Waals surface area (Å²) in [6, 6.07) is 2.85. The predicted molar refractivity (Wildman–Crippen MR) is 168 cm³/mol. The van der Waals surface area contributed by atoms with E-state index in [1.54, 1.807) is 29.2 Å². The maximum absolute atomic E-state index is 14.0. The van der Waals surface area contributed by atoms with Crippen molar-refractivity contribution in [3.63, 3.8) is 0 Å². The summed E-state index contributed by atoms with van der Waals surface area (Å²) in [6.45, 7) is 6.08. The number of unbranched alkanes of at least 4 members (excludes halogenated alkanes) is 2. The molecule has 1 aromatic heterocycles. The van der Waals surface area contributed by atoms with Crippen LogP contribution in [0.3, 0.4) is 0 Å². The molecule has 0 saturated carbocycles. The first kappa shape index (κ1) is 33.2. The fourth-order valence-corrected chi connectivity index (χ4v) is 6.14. The number of benzene rings is 1. The first-order chi connectivity index (χ1) is 21.2. The Morgan fingerprint density at radius 2 is 1.68 bits per heavy atom. The molecule has 6 atom stereocenters. The summed E-state index contributed by atoms with van der Waals surface area (Å²) in [5.74, 6) is -2.23. The van der Waals surface area contributed by atoms with Crippen LogP contribution in [0, 0.1) is 5.92 Å². The first-order valence-electron chi connectivity index (χ1n) is 16.2. The second-order valence-corrected chi connectivity index (χ2v) is 12.2. The highest BCUT2D eigenvalue weighted by atomic mass is 16.3. The maximum atomic E-state index is 14.0. The lowest BCUT2D eigenvalue weighted by Gasteiger charge is -2.39. The molecule has 3 heterocycles. The summed E-state index contributed by atoms with van der Waals surface area (Å²) >= 11 is 0. The van der Waals surface area contributed by atoms with Gasteiger partial charge in [-0.25, -0.2) is 0 Å². The Morgan fingerprint density at radius 3 is 2.43 bits per heavy atom. The number of pyridine rings is 1. The molecule has 2 fully saturated rings. The topological polar surface area (TPSA) is 161 Å². The van der Waals surface area contributed by atoms with E-state index in [1.165, 1.54) is 6.20 Å². The highest BCUT2D eigenvalue weighted by molar-refractivity contribution is 5.98. The van der Waals surface area contributed by atoms with Crippen LogP contribution in [0.15, 0.2) is 35.3 Å². The van der Waals surface area contributed by atoms with E-state index in [-0.39, 0.29) is 23.5 Å². The lowest BCUT2D eigenvalue weighted by Crippen LogP contribution is -2.62. The van der Waals surface area contributed by atoms with E-state index in [0.29, 0.717) is 56.0 Å². The van der Waals surface area contributed by atoms with E-state index in [4.69, 9.17) is 0 Å². The molecule has 2 aliphatic heterocycles. The molecule has 240 valence electrons. The van der Waals surface area contributed by atoms with Crippen molar-refractivity contribution in [1.29, 1.82) is 0 Å². The highest BCUT2D eigenvalue weighted by Crippen LogP contribution is 2.23. The molecule has 1 aromatic carbocycles. The Labute approximate surface area is 258 Å². The van der Waals surface area contributed by atoms with Gasteiger partial charge in [-0.3, -0.25) is 24.0 Å². The third-order valence-electron chi connectivity index (χ3n) is 9.18. The van der Waals surface area contributed by atoms with Crippen LogP contribution in [0.4, 0.5) is 0 Å². The standard InChI is InChI=1S/C33H47N5O6/c1-4-20(3)27-33(44)38-18-12-11-17-26(38)31(42)35-25(16-8-6-7-13-21(39)5-2)30(41)37-28(32(43)36-27)23-19-34-24-15-10-9-14-22(24)29(23)40/h9-10,14-15,19-21,25-28,39H,4-8,11-13,16-18H2,1-3H3,(H,34,40)(H,35,42)(H,36,43)(H,37,41)/t20?,21?,25-,26+,27-,28?/m0/s1. The number of hydrogen-bond donors (Lipinski definition) is 5. The number of rotatable bonds is 10. The second-order valence-electron chi connectivity index (χ2n) is 12.2. The number of piperidine rings is 1. The molecule has 0 bridgehead atoms. The third-order valence-corrected chi connectivity index (χ3v) is 9.18. The minimum absolute atomic E-state index is 0.0384. The Morgan fingerprint density at radius 1 is 0.909 bits per heavy atom. The maximum Gasteiger partial charge on any atom is 0.248 e. The Kier molecular flexibility index (Phi) is 11.5. The normalized spacial score (nSPS) is 24.8. The van der Waals surface area contributed by atoms with E-state index in [2.05, 4.69) is 20.9 Å². The fraction of sp³-hybridized carbons (Fsp3) is 0.606. The van der Waals surface area contributed by atoms with E-state index in [1.807, 2.05) is 20.8 Å². The predicted octanol–water partition coefficient (Wildman–Crippen LogP) is 2.82. The van der Waals surface area contributed by atoms with Gasteiger partial charge >= 0.3 is 0 Å². The first-order valence-corrected chi connectivity index (χ1v) is 16.2. The number of aromatic nitrogens is 1. The van der Waals surface area contributed by atoms with Gasteiger partial charge in [-0.15, -0.1) is 0 Å². The zero-order chi connectivity index (χ0) is 31.8. The van der Waals surface area contributed by atoms with Gasteiger partial charge in [0, 0.05) is 29.2 Å². The fourth-order valence-electron chi connectivity index (χ4n) is 6.14. The summed E-state index contributed by atoms with van der Waals surface area (Å²) in [4.78, 5) is 73.8. The van der Waals surface area contributed by atoms with Crippen molar-refractivity contribution >= 4 is 34.5 Å². The van der Waals surface area contributed by atoms with Gasteiger partial charge in [0.05, 0.1) is 6.10 Å². The summed E-state index contributed by atoms with van der Waals surface area (Å²) in [5.41, 5.74) is 0.212. The molecule has 0 aliphatic carbocycles. The monoisotopic (exact) mass is 609 g/mol. The number of H-pyrrole nitrogens is 1. The zero-order valence-corrected chi connectivity index (χ0v) is 26.1. The van der Waals surface area contributed by atoms with Crippen molar-refractivity contribution in [2.75, 3.05) is 6.54 Å². The number of carbonyl (C=O) groups excluding carboxylic acids is 4. The molecule has 2 aliphatic rings. The molecular formula is C33H47N5O6. The number of fused-ring (bicyclic) bond motifs is 2. The van der Waals surface area contributed by atoms with E-state index >= 15 is 0 Å². The van der Waals surface area contributed by atoms with Gasteiger partial charge in [0.25, 0.3) is 0 Å². The lowest BCUT2D eigenvalue weighted by molar-refractivity contribution is -0.147. The third kappa shape index (κ3) is 7.67. The van der Waals surface area contributed by atoms with Crippen LogP contribution >= 0.6 is 0 Å². The van der Waals surface area contributed by atoms with E-state index in [9.17, 15) is 29.1 Å². The lowest BCUT2D eigenvalue weighted by atomic mass is 9.93. The summed E-state index contributed by atoms with van der Waals surface area (Å²) in [6.07, 6.45) is 7.38. The average molecular weight is 610 g/mol. The van der Waals surface area contributed by atoms with Crippen molar-refractivity contribution < 1.29 is 24.3 Å². The van der Waals surface area contributed by atoms with Gasteiger partial charge in [0.1, 0.15) is 24.2 Å². The molecule has 3 unspecified atom stereocenters. The molecule has 44 heavy (non-hydrogen) atoms. The SMILES string of the molecule is CCC(O)CCCCC[C@@H]1NC(=O)[C@H]2CCCCN2C(=O)[C@H](C(C)CC)NC(=O)C(c2c[nH]c3ccccc3c2=O)NC1=O. The van der Waals surface area contributed by atoms with Crippen LogP contribution < -0.4 is 21.4 Å². The minimum Gasteiger partial charge on any atom is -0.393 e. The average Bonchev–Trinajstić information content (AvgIpc) is 3.04. The molecule has 4 rings (SSSR count). The van der Waals surface area contributed by atoms with Crippen molar-refractivity contribution in [3.05, 3.63) is 46.2 Å². The van der Waals surface area contributed by atoms with Gasteiger partial charge in [0.2, 0.25) is 23.6 Å². The molecule has 4 amide bonds. The van der Waals surface area contributed by atoms with Crippen LogP contribution in [0.5, 0.6) is 0 Å². The van der Waals surface area contributed by atoms with Crippen LogP contribution in [-0.2, 0) is 19.2 Å². The molecule has 5 N–H and O–H groups in total. The van der Waals surface area contributed by atoms with Crippen LogP contribution in [-0.4, -0.2) is 69.4 Å². The van der Waals surface area contributed by atoms with Crippen LogP contribution in [0.1, 0.15) is 96.6 Å². The van der Waals surface area contributed by atoms with Crippen molar-refractivity contribution in [2.24, 2.45) is 5.92 Å². The smallest absolute Gasteiger partial charge is 0.248 e. The number of nitrogens with one attached hydrogen (secondary N) is 4. The van der Waals surface area contributed by atoms with Crippen LogP contribution in [0.2, 0.25) is 0 Å². The van der Waals surface area contributed by atoms with Crippen molar-refractivity contribution in [3.8, 4) is 0 Å². The highest BCUT2D eigenvalue weighted by Gasteiger charge is 2.41. The van der Waals surface area contributed by atoms with Gasteiger partial charge < -0.3 is 30.9 Å². The number of aromatic amines is 1. The molecule has 0 spiro atoms. The van der Waals surface area contributed by atoms with Gasteiger partial charge in [0.15, 0.2) is 5.43 Å². The number of amides is 4. The largest absolute Gasteiger partial charge is 0.393 e. The Balaban J connectivity index is 1.71. The quantitative estimate of drug-likeness (QED) is 0.260.